The highest BCUT2D eigenvalue weighted by Gasteiger charge is 2.36. The van der Waals surface area contributed by atoms with Crippen LogP contribution in [0.2, 0.25) is 0 Å². The summed E-state index contributed by atoms with van der Waals surface area (Å²) < 4.78 is 27.0. The summed E-state index contributed by atoms with van der Waals surface area (Å²) in [6.07, 6.45) is 3.02. The number of halogens is 2. The zero-order chi connectivity index (χ0) is 17.1. The van der Waals surface area contributed by atoms with Gasteiger partial charge in [-0.25, -0.2) is 8.78 Å². The Labute approximate surface area is 146 Å². The van der Waals surface area contributed by atoms with E-state index in [0.717, 1.165) is 35.8 Å². The lowest BCUT2D eigenvalue weighted by Crippen LogP contribution is -2.30. The second kappa shape index (κ2) is 7.88. The van der Waals surface area contributed by atoms with Crippen molar-refractivity contribution in [3.8, 4) is 0 Å². The lowest BCUT2D eigenvalue weighted by Gasteiger charge is -2.17. The van der Waals surface area contributed by atoms with Crippen molar-refractivity contribution in [1.29, 1.82) is 0 Å². The molecule has 132 valence electrons. The van der Waals surface area contributed by atoms with Gasteiger partial charge in [-0.05, 0) is 12.8 Å². The van der Waals surface area contributed by atoms with Crippen LogP contribution in [0.1, 0.15) is 12.8 Å². The highest BCUT2D eigenvalue weighted by molar-refractivity contribution is 8.04. The summed E-state index contributed by atoms with van der Waals surface area (Å²) in [4.78, 5) is 23.9. The number of aryl methyl sites for hydroxylation is 1. The molecule has 2 N–H and O–H groups in total. The molecule has 2 aliphatic heterocycles. The first-order valence-corrected chi connectivity index (χ1v) is 9.85. The number of alkyl halides is 1. The largest absolute Gasteiger partial charge is 0.324 e. The van der Waals surface area contributed by atoms with Crippen molar-refractivity contribution in [2.24, 2.45) is 0 Å². The maximum Gasteiger partial charge on any atom is 0.286 e. The number of hydrogen-bond donors (Lipinski definition) is 2. The van der Waals surface area contributed by atoms with E-state index in [1.54, 1.807) is 11.8 Å². The van der Waals surface area contributed by atoms with Gasteiger partial charge in [-0.1, -0.05) is 0 Å². The Bertz CT molecular complexity index is 665. The predicted molar refractivity (Wildman–Crippen MR) is 93.9 cm³/mol. The number of pyridine rings is 1. The standard InChI is InChI=1S/C15H19F2N3O2S2/c16-3-5-20-8-9(7-10(17)15(20)22)19-13(21)11-1-2-12(24-11)14-18-4-6-23-14/h7-8,11-12,14,18H,1-6H2,(H,19,21). The third-order valence-electron chi connectivity index (χ3n) is 4.06. The van der Waals surface area contributed by atoms with Crippen LogP contribution in [0, 0.1) is 5.82 Å². The number of nitrogens with one attached hydrogen (secondary N) is 2. The molecule has 3 rings (SSSR count). The van der Waals surface area contributed by atoms with Crippen LogP contribution in [-0.2, 0) is 11.3 Å². The van der Waals surface area contributed by atoms with Gasteiger partial charge in [0.15, 0.2) is 5.82 Å². The molecule has 3 heterocycles. The number of thioether (sulfide) groups is 2. The average Bonchev–Trinajstić information content (AvgIpc) is 3.23. The topological polar surface area (TPSA) is 63.1 Å². The Balaban J connectivity index is 1.63. The number of anilines is 1. The fraction of sp³-hybridized carbons (Fsp3) is 0.600. The molecular weight excluding hydrogens is 356 g/mol. The van der Waals surface area contributed by atoms with Gasteiger partial charge in [0.1, 0.15) is 6.67 Å². The zero-order valence-corrected chi connectivity index (χ0v) is 14.6. The average molecular weight is 375 g/mol. The normalized spacial score (nSPS) is 26.7. The van der Waals surface area contributed by atoms with Gasteiger partial charge in [-0.2, -0.15) is 0 Å². The van der Waals surface area contributed by atoms with Crippen LogP contribution in [-0.4, -0.2) is 45.3 Å². The van der Waals surface area contributed by atoms with E-state index in [-0.39, 0.29) is 23.4 Å². The molecule has 3 atom stereocenters. The van der Waals surface area contributed by atoms with Crippen LogP contribution in [0.5, 0.6) is 0 Å². The van der Waals surface area contributed by atoms with E-state index in [1.807, 2.05) is 11.8 Å². The van der Waals surface area contributed by atoms with Gasteiger partial charge >= 0.3 is 0 Å². The van der Waals surface area contributed by atoms with Gasteiger partial charge in [0, 0.05) is 29.8 Å². The lowest BCUT2D eigenvalue weighted by atomic mass is 10.2. The van der Waals surface area contributed by atoms with E-state index < -0.39 is 18.1 Å². The molecule has 2 saturated heterocycles. The van der Waals surface area contributed by atoms with Gasteiger partial charge in [0.2, 0.25) is 5.91 Å². The summed E-state index contributed by atoms with van der Waals surface area (Å²) >= 11 is 3.52. The molecule has 0 spiro atoms. The summed E-state index contributed by atoms with van der Waals surface area (Å²) in [6, 6.07) is 0.987. The third kappa shape index (κ3) is 3.94. The smallest absolute Gasteiger partial charge is 0.286 e. The van der Waals surface area contributed by atoms with Gasteiger partial charge in [0.05, 0.1) is 22.9 Å². The second-order valence-electron chi connectivity index (χ2n) is 5.74. The Kier molecular flexibility index (Phi) is 5.83. The number of nitrogens with zero attached hydrogens (tertiary/aromatic N) is 1. The van der Waals surface area contributed by atoms with Crippen LogP contribution in [0.25, 0.3) is 0 Å². The summed E-state index contributed by atoms with van der Waals surface area (Å²) in [5, 5.41) is 6.67. The number of aromatic nitrogens is 1. The van der Waals surface area contributed by atoms with Crippen molar-refractivity contribution >= 4 is 35.1 Å². The summed E-state index contributed by atoms with van der Waals surface area (Å²) in [5.41, 5.74) is -0.701. The maximum absolute atomic E-state index is 13.6. The van der Waals surface area contributed by atoms with E-state index >= 15 is 0 Å². The highest BCUT2D eigenvalue weighted by atomic mass is 32.2. The van der Waals surface area contributed by atoms with Crippen molar-refractivity contribution in [3.63, 3.8) is 0 Å². The first kappa shape index (κ1) is 17.8. The molecule has 5 nitrogen and oxygen atoms in total. The lowest BCUT2D eigenvalue weighted by molar-refractivity contribution is -0.115. The minimum Gasteiger partial charge on any atom is -0.324 e. The Morgan fingerprint density at radius 3 is 3.00 bits per heavy atom. The summed E-state index contributed by atoms with van der Waals surface area (Å²) in [5.74, 6) is -0.103. The van der Waals surface area contributed by atoms with Gasteiger partial charge in [-0.15, -0.1) is 23.5 Å². The number of amides is 1. The van der Waals surface area contributed by atoms with E-state index in [4.69, 9.17) is 0 Å². The molecule has 3 unspecified atom stereocenters. The summed E-state index contributed by atoms with van der Waals surface area (Å²) in [7, 11) is 0. The fourth-order valence-corrected chi connectivity index (χ4v) is 5.80. The molecule has 0 bridgehead atoms. The molecule has 1 amide bonds. The Morgan fingerprint density at radius 1 is 1.46 bits per heavy atom. The van der Waals surface area contributed by atoms with E-state index in [0.29, 0.717) is 10.6 Å². The van der Waals surface area contributed by atoms with Gasteiger partial charge < -0.3 is 15.2 Å². The number of hydrogen-bond acceptors (Lipinski definition) is 5. The molecule has 0 aromatic carbocycles. The first-order chi connectivity index (χ1) is 11.6. The van der Waals surface area contributed by atoms with Crippen LogP contribution in [0.4, 0.5) is 14.5 Å². The van der Waals surface area contributed by atoms with Crippen molar-refractivity contribution in [1.82, 2.24) is 9.88 Å². The molecule has 2 fully saturated rings. The van der Waals surface area contributed by atoms with Crippen molar-refractivity contribution in [3.05, 3.63) is 28.4 Å². The molecular formula is C15H19F2N3O2S2. The van der Waals surface area contributed by atoms with E-state index in [1.165, 1.54) is 6.20 Å². The Hall–Kier alpha value is -1.06. The number of rotatable bonds is 5. The Morgan fingerprint density at radius 2 is 2.29 bits per heavy atom. The van der Waals surface area contributed by atoms with Crippen molar-refractivity contribution in [2.75, 3.05) is 24.3 Å². The van der Waals surface area contributed by atoms with Crippen molar-refractivity contribution in [2.45, 2.75) is 35.3 Å². The number of carbonyl (C=O) groups is 1. The zero-order valence-electron chi connectivity index (χ0n) is 13.0. The fourth-order valence-electron chi connectivity index (χ4n) is 2.91. The molecule has 0 aliphatic carbocycles. The minimum atomic E-state index is -0.996. The summed E-state index contributed by atoms with van der Waals surface area (Å²) in [6.45, 7) is -0.00804. The van der Waals surface area contributed by atoms with Gasteiger partial charge in [0.25, 0.3) is 5.56 Å². The molecule has 24 heavy (non-hydrogen) atoms. The SMILES string of the molecule is O=C(Nc1cc(F)c(=O)n(CCF)c1)C1CCC(C2NCCS2)S1. The molecule has 2 aliphatic rings. The first-order valence-electron chi connectivity index (χ1n) is 7.86. The van der Waals surface area contributed by atoms with Crippen molar-refractivity contribution < 1.29 is 13.6 Å². The maximum atomic E-state index is 13.6. The number of carbonyl (C=O) groups excluding carboxylic acids is 1. The molecule has 0 saturated carbocycles. The molecule has 9 heteroatoms. The third-order valence-corrected chi connectivity index (χ3v) is 7.16. The minimum absolute atomic E-state index is 0.183. The quantitative estimate of drug-likeness (QED) is 0.822. The highest BCUT2D eigenvalue weighted by Crippen LogP contribution is 2.40. The van der Waals surface area contributed by atoms with Crippen LogP contribution in [0.15, 0.2) is 17.1 Å². The molecule has 0 radical (unpaired) electrons. The predicted octanol–water partition coefficient (Wildman–Crippen LogP) is 1.82. The molecule has 1 aromatic rings. The van der Waals surface area contributed by atoms with E-state index in [9.17, 15) is 18.4 Å². The van der Waals surface area contributed by atoms with Crippen LogP contribution in [0.3, 0.4) is 0 Å². The van der Waals surface area contributed by atoms with Crippen LogP contribution >= 0.6 is 23.5 Å². The van der Waals surface area contributed by atoms with Crippen LogP contribution < -0.4 is 16.2 Å². The second-order valence-corrected chi connectivity index (χ2v) is 8.44. The van der Waals surface area contributed by atoms with Gasteiger partial charge in [-0.3, -0.25) is 9.59 Å². The van der Waals surface area contributed by atoms with E-state index in [2.05, 4.69) is 10.6 Å². The monoisotopic (exact) mass is 375 g/mol. The molecule has 1 aromatic heterocycles.